The number of nitrogens with one attached hydrogen (secondary N) is 1. The molecule has 0 radical (unpaired) electrons. The van der Waals surface area contributed by atoms with Crippen LogP contribution in [-0.2, 0) is 6.54 Å². The second-order valence-corrected chi connectivity index (χ2v) is 7.23. The third-order valence-corrected chi connectivity index (χ3v) is 4.88. The van der Waals surface area contributed by atoms with Gasteiger partial charge in [-0.2, -0.15) is 0 Å². The molecular formula is C14H17ClN2S2. The van der Waals surface area contributed by atoms with Gasteiger partial charge in [-0.05, 0) is 30.2 Å². The van der Waals surface area contributed by atoms with Crippen LogP contribution in [0.5, 0.6) is 0 Å². The van der Waals surface area contributed by atoms with Crippen LogP contribution in [0.25, 0.3) is 0 Å². The Kier molecular flexibility index (Phi) is 5.70. The maximum Gasteiger partial charge on any atom is 0.154 e. The van der Waals surface area contributed by atoms with E-state index in [1.165, 1.54) is 4.90 Å². The molecule has 0 amide bonds. The second-order valence-electron chi connectivity index (χ2n) is 4.64. The van der Waals surface area contributed by atoms with Crippen molar-refractivity contribution in [2.24, 2.45) is 5.92 Å². The Morgan fingerprint density at radius 2 is 2.26 bits per heavy atom. The van der Waals surface area contributed by atoms with Crippen molar-refractivity contribution in [1.29, 1.82) is 0 Å². The Morgan fingerprint density at radius 1 is 1.42 bits per heavy atom. The van der Waals surface area contributed by atoms with Gasteiger partial charge in [-0.25, -0.2) is 4.98 Å². The Hall–Kier alpha value is -0.550. The Morgan fingerprint density at radius 3 is 2.95 bits per heavy atom. The molecule has 0 atom stereocenters. The molecular weight excluding hydrogens is 296 g/mol. The van der Waals surface area contributed by atoms with Crippen LogP contribution < -0.4 is 5.32 Å². The molecule has 0 aliphatic rings. The van der Waals surface area contributed by atoms with E-state index < -0.39 is 0 Å². The van der Waals surface area contributed by atoms with Crippen molar-refractivity contribution in [2.75, 3.05) is 6.54 Å². The SMILES string of the molecule is CC(C)CNCc1c(Cl)cccc1Sc1nccs1. The van der Waals surface area contributed by atoms with Gasteiger partial charge in [0.1, 0.15) is 0 Å². The van der Waals surface area contributed by atoms with Gasteiger partial charge in [0.05, 0.1) is 0 Å². The molecule has 1 aromatic heterocycles. The molecule has 19 heavy (non-hydrogen) atoms. The third-order valence-electron chi connectivity index (χ3n) is 2.54. The van der Waals surface area contributed by atoms with E-state index in [1.54, 1.807) is 23.1 Å². The molecule has 0 spiro atoms. The first-order chi connectivity index (χ1) is 9.16. The zero-order valence-electron chi connectivity index (χ0n) is 11.0. The molecule has 0 saturated carbocycles. The lowest BCUT2D eigenvalue weighted by Gasteiger charge is -2.12. The minimum atomic E-state index is 0.637. The molecule has 0 fully saturated rings. The number of hydrogen-bond donors (Lipinski definition) is 1. The van der Waals surface area contributed by atoms with E-state index in [4.69, 9.17) is 11.6 Å². The molecule has 2 rings (SSSR count). The molecule has 1 heterocycles. The number of nitrogens with zero attached hydrogens (tertiary/aromatic N) is 1. The highest BCUT2D eigenvalue weighted by atomic mass is 35.5. The average molecular weight is 313 g/mol. The Balaban J connectivity index is 2.11. The highest BCUT2D eigenvalue weighted by Gasteiger charge is 2.09. The number of hydrogen-bond acceptors (Lipinski definition) is 4. The van der Waals surface area contributed by atoms with E-state index in [-0.39, 0.29) is 0 Å². The van der Waals surface area contributed by atoms with Crippen molar-refractivity contribution in [3.63, 3.8) is 0 Å². The highest BCUT2D eigenvalue weighted by Crippen LogP contribution is 2.34. The molecule has 0 aliphatic carbocycles. The average Bonchev–Trinajstić information content (AvgIpc) is 2.85. The molecule has 2 aromatic rings. The normalized spacial score (nSPS) is 11.2. The molecule has 0 aliphatic heterocycles. The number of aromatic nitrogens is 1. The van der Waals surface area contributed by atoms with Crippen molar-refractivity contribution in [3.8, 4) is 0 Å². The summed E-state index contributed by atoms with van der Waals surface area (Å²) in [4.78, 5) is 5.49. The number of halogens is 1. The lowest BCUT2D eigenvalue weighted by molar-refractivity contribution is 0.550. The summed E-state index contributed by atoms with van der Waals surface area (Å²) < 4.78 is 1.05. The summed E-state index contributed by atoms with van der Waals surface area (Å²) in [5, 5.41) is 6.25. The molecule has 0 saturated heterocycles. The predicted molar refractivity (Wildman–Crippen MR) is 84.2 cm³/mol. The van der Waals surface area contributed by atoms with Crippen molar-refractivity contribution in [2.45, 2.75) is 29.6 Å². The summed E-state index contributed by atoms with van der Waals surface area (Å²) in [6.07, 6.45) is 1.83. The summed E-state index contributed by atoms with van der Waals surface area (Å²) in [6.45, 7) is 6.19. The van der Waals surface area contributed by atoms with E-state index in [0.717, 1.165) is 28.0 Å². The van der Waals surface area contributed by atoms with E-state index in [0.29, 0.717) is 5.92 Å². The molecule has 1 N–H and O–H groups in total. The van der Waals surface area contributed by atoms with Crippen LogP contribution >= 0.6 is 34.7 Å². The van der Waals surface area contributed by atoms with Crippen LogP contribution in [0.3, 0.4) is 0 Å². The Labute approximate surface area is 127 Å². The lowest BCUT2D eigenvalue weighted by Crippen LogP contribution is -2.19. The summed E-state index contributed by atoms with van der Waals surface area (Å²) in [5.74, 6) is 0.637. The van der Waals surface area contributed by atoms with Gasteiger partial charge in [-0.1, -0.05) is 43.3 Å². The van der Waals surface area contributed by atoms with E-state index in [1.807, 2.05) is 23.7 Å². The van der Waals surface area contributed by atoms with Crippen LogP contribution in [0.15, 0.2) is 39.0 Å². The fourth-order valence-corrected chi connectivity index (χ4v) is 3.69. The van der Waals surface area contributed by atoms with E-state index in [9.17, 15) is 0 Å². The quantitative estimate of drug-likeness (QED) is 0.837. The number of benzene rings is 1. The van der Waals surface area contributed by atoms with Crippen LogP contribution in [0.1, 0.15) is 19.4 Å². The van der Waals surface area contributed by atoms with Crippen LogP contribution in [-0.4, -0.2) is 11.5 Å². The van der Waals surface area contributed by atoms with Gasteiger partial charge in [-0.15, -0.1) is 11.3 Å². The molecule has 5 heteroatoms. The number of rotatable bonds is 6. The first-order valence-corrected chi connectivity index (χ1v) is 8.29. The molecule has 102 valence electrons. The standard InChI is InChI=1S/C14H17ClN2S2/c1-10(2)8-16-9-11-12(15)4-3-5-13(11)19-14-17-6-7-18-14/h3-7,10,16H,8-9H2,1-2H3. The summed E-state index contributed by atoms with van der Waals surface area (Å²) >= 11 is 9.64. The van der Waals surface area contributed by atoms with Gasteiger partial charge in [-0.3, -0.25) is 0 Å². The zero-order valence-corrected chi connectivity index (χ0v) is 13.4. The first kappa shape index (κ1) is 14.9. The topological polar surface area (TPSA) is 24.9 Å². The maximum absolute atomic E-state index is 6.31. The van der Waals surface area contributed by atoms with Crippen molar-refractivity contribution >= 4 is 34.7 Å². The summed E-state index contributed by atoms with van der Waals surface area (Å²) in [5.41, 5.74) is 1.16. The van der Waals surface area contributed by atoms with Crippen LogP contribution in [0, 0.1) is 5.92 Å². The fraction of sp³-hybridized carbons (Fsp3) is 0.357. The van der Waals surface area contributed by atoms with Gasteiger partial charge in [0.25, 0.3) is 0 Å². The predicted octanol–water partition coefficient (Wildman–Crippen LogP) is 4.69. The maximum atomic E-state index is 6.31. The van der Waals surface area contributed by atoms with Gasteiger partial charge < -0.3 is 5.32 Å². The fourth-order valence-electron chi connectivity index (χ4n) is 1.65. The van der Waals surface area contributed by atoms with Crippen LogP contribution in [0.4, 0.5) is 0 Å². The van der Waals surface area contributed by atoms with E-state index >= 15 is 0 Å². The van der Waals surface area contributed by atoms with Crippen molar-refractivity contribution < 1.29 is 0 Å². The molecule has 1 aromatic carbocycles. The minimum absolute atomic E-state index is 0.637. The van der Waals surface area contributed by atoms with Gasteiger partial charge >= 0.3 is 0 Å². The summed E-state index contributed by atoms with van der Waals surface area (Å²) in [7, 11) is 0. The molecule has 0 unspecified atom stereocenters. The van der Waals surface area contributed by atoms with Gasteiger partial charge in [0, 0.05) is 28.0 Å². The zero-order chi connectivity index (χ0) is 13.7. The highest BCUT2D eigenvalue weighted by molar-refractivity contribution is 8.01. The molecule has 0 bridgehead atoms. The largest absolute Gasteiger partial charge is 0.312 e. The minimum Gasteiger partial charge on any atom is -0.312 e. The smallest absolute Gasteiger partial charge is 0.154 e. The lowest BCUT2D eigenvalue weighted by atomic mass is 10.2. The van der Waals surface area contributed by atoms with E-state index in [2.05, 4.69) is 30.2 Å². The monoisotopic (exact) mass is 312 g/mol. The number of thiazole rings is 1. The van der Waals surface area contributed by atoms with Gasteiger partial charge in [0.2, 0.25) is 0 Å². The Bertz CT molecular complexity index is 512. The van der Waals surface area contributed by atoms with Gasteiger partial charge in [0.15, 0.2) is 4.34 Å². The second kappa shape index (κ2) is 7.29. The van der Waals surface area contributed by atoms with Crippen molar-refractivity contribution in [1.82, 2.24) is 10.3 Å². The molecule has 2 nitrogen and oxygen atoms in total. The first-order valence-electron chi connectivity index (χ1n) is 6.22. The van der Waals surface area contributed by atoms with Crippen molar-refractivity contribution in [3.05, 3.63) is 40.4 Å². The third kappa shape index (κ3) is 4.49. The summed E-state index contributed by atoms with van der Waals surface area (Å²) in [6, 6.07) is 6.04. The van der Waals surface area contributed by atoms with Crippen LogP contribution in [0.2, 0.25) is 5.02 Å².